The van der Waals surface area contributed by atoms with E-state index in [1.54, 1.807) is 36.8 Å². The molecule has 25 heavy (non-hydrogen) atoms. The lowest BCUT2D eigenvalue weighted by Crippen LogP contribution is -2.12. The lowest BCUT2D eigenvalue weighted by Gasteiger charge is -2.04. The zero-order chi connectivity index (χ0) is 17.6. The van der Waals surface area contributed by atoms with Gasteiger partial charge in [0, 0.05) is 16.6 Å². The number of amides is 1. The summed E-state index contributed by atoms with van der Waals surface area (Å²) in [5.74, 6) is 1.32. The molecule has 0 aliphatic carbocycles. The third-order valence-corrected chi connectivity index (χ3v) is 4.39. The minimum Gasteiger partial charge on any atom is -0.497 e. The summed E-state index contributed by atoms with van der Waals surface area (Å²) in [6.07, 6.45) is 0. The summed E-state index contributed by atoms with van der Waals surface area (Å²) in [4.78, 5) is 16.8. The number of ether oxygens (including phenoxy) is 2. The van der Waals surface area contributed by atoms with Crippen LogP contribution in [0.4, 0.5) is 5.69 Å². The predicted molar refractivity (Wildman–Crippen MR) is 99.7 cm³/mol. The molecule has 1 N–H and O–H groups in total. The van der Waals surface area contributed by atoms with Crippen molar-refractivity contribution in [3.8, 4) is 22.1 Å². The molecule has 1 aromatic heterocycles. The summed E-state index contributed by atoms with van der Waals surface area (Å²) >= 11 is 1.43. The van der Waals surface area contributed by atoms with Gasteiger partial charge in [0.2, 0.25) is 0 Å². The number of methoxy groups -OCH3 is 1. The molecule has 5 nitrogen and oxygen atoms in total. The molecular formula is C19H18N2O3S. The summed E-state index contributed by atoms with van der Waals surface area (Å²) < 4.78 is 10.5. The number of aromatic nitrogens is 1. The molecule has 0 unspecified atom stereocenters. The minimum absolute atomic E-state index is 0.237. The third kappa shape index (κ3) is 4.16. The number of thiazole rings is 1. The van der Waals surface area contributed by atoms with Gasteiger partial charge in [0.1, 0.15) is 22.2 Å². The highest BCUT2D eigenvalue weighted by Gasteiger charge is 2.12. The number of hydrogen-bond acceptors (Lipinski definition) is 5. The Morgan fingerprint density at radius 2 is 1.76 bits per heavy atom. The van der Waals surface area contributed by atoms with Gasteiger partial charge in [-0.2, -0.15) is 0 Å². The van der Waals surface area contributed by atoms with Crippen molar-refractivity contribution in [2.45, 2.75) is 6.92 Å². The van der Waals surface area contributed by atoms with E-state index in [-0.39, 0.29) is 5.91 Å². The van der Waals surface area contributed by atoms with Crippen LogP contribution in [0.2, 0.25) is 0 Å². The molecule has 0 aliphatic rings. The van der Waals surface area contributed by atoms with Gasteiger partial charge in [0.15, 0.2) is 0 Å². The van der Waals surface area contributed by atoms with Gasteiger partial charge in [-0.25, -0.2) is 4.98 Å². The smallest absolute Gasteiger partial charge is 0.275 e. The van der Waals surface area contributed by atoms with Crippen LogP contribution in [0.15, 0.2) is 53.9 Å². The lowest BCUT2D eigenvalue weighted by molar-refractivity contribution is 0.102. The first-order chi connectivity index (χ1) is 12.2. The highest BCUT2D eigenvalue weighted by Crippen LogP contribution is 2.26. The third-order valence-electron chi connectivity index (χ3n) is 3.50. The number of hydrogen-bond donors (Lipinski definition) is 1. The molecule has 0 atom stereocenters. The van der Waals surface area contributed by atoms with Gasteiger partial charge < -0.3 is 14.8 Å². The van der Waals surface area contributed by atoms with Gasteiger partial charge in [-0.15, -0.1) is 11.3 Å². The number of carbonyl (C=O) groups excluding carboxylic acids is 1. The summed E-state index contributed by atoms with van der Waals surface area (Å²) in [7, 11) is 1.60. The van der Waals surface area contributed by atoms with Crippen molar-refractivity contribution in [2.24, 2.45) is 0 Å². The molecule has 3 aromatic rings. The van der Waals surface area contributed by atoms with Crippen molar-refractivity contribution < 1.29 is 14.3 Å². The summed E-state index contributed by atoms with van der Waals surface area (Å²) in [5, 5.41) is 5.38. The predicted octanol–water partition coefficient (Wildman–Crippen LogP) is 4.47. The van der Waals surface area contributed by atoms with Gasteiger partial charge in [-0.05, 0) is 55.5 Å². The first kappa shape index (κ1) is 17.0. The second-order valence-electron chi connectivity index (χ2n) is 5.18. The normalized spacial score (nSPS) is 10.3. The van der Waals surface area contributed by atoms with Crippen molar-refractivity contribution in [3.05, 3.63) is 59.6 Å². The largest absolute Gasteiger partial charge is 0.497 e. The van der Waals surface area contributed by atoms with Crippen molar-refractivity contribution in [1.82, 2.24) is 4.98 Å². The number of carbonyl (C=O) groups is 1. The molecule has 0 radical (unpaired) electrons. The molecule has 0 saturated heterocycles. The van der Waals surface area contributed by atoms with Crippen LogP contribution < -0.4 is 14.8 Å². The average molecular weight is 354 g/mol. The molecule has 1 amide bonds. The average Bonchev–Trinajstić information content (AvgIpc) is 3.13. The van der Waals surface area contributed by atoms with Gasteiger partial charge in [0.25, 0.3) is 5.91 Å². The van der Waals surface area contributed by atoms with Gasteiger partial charge in [0.05, 0.1) is 13.7 Å². The number of benzene rings is 2. The standard InChI is InChI=1S/C19H18N2O3S/c1-3-24-16-8-4-13(5-9-16)19-21-17(12-25-19)18(22)20-14-6-10-15(23-2)11-7-14/h4-12H,3H2,1-2H3,(H,20,22). The zero-order valence-electron chi connectivity index (χ0n) is 14.0. The fourth-order valence-corrected chi connectivity index (χ4v) is 3.05. The van der Waals surface area contributed by atoms with Crippen molar-refractivity contribution >= 4 is 22.9 Å². The number of nitrogens with one attached hydrogen (secondary N) is 1. The SMILES string of the molecule is CCOc1ccc(-c2nc(C(=O)Nc3ccc(OC)cc3)cs2)cc1. The maximum Gasteiger partial charge on any atom is 0.275 e. The Labute approximate surface area is 150 Å². The van der Waals surface area contributed by atoms with Crippen molar-refractivity contribution in [1.29, 1.82) is 0 Å². The van der Waals surface area contributed by atoms with E-state index in [1.807, 2.05) is 31.2 Å². The molecule has 6 heteroatoms. The van der Waals surface area contributed by atoms with Crippen LogP contribution in [-0.4, -0.2) is 24.6 Å². The fraction of sp³-hybridized carbons (Fsp3) is 0.158. The fourth-order valence-electron chi connectivity index (χ4n) is 2.24. The van der Waals surface area contributed by atoms with Crippen LogP contribution in [0, 0.1) is 0 Å². The summed E-state index contributed by atoms with van der Waals surface area (Å²) in [5.41, 5.74) is 2.04. The van der Waals surface area contributed by atoms with Gasteiger partial charge in [-0.3, -0.25) is 4.79 Å². The highest BCUT2D eigenvalue weighted by molar-refractivity contribution is 7.13. The Morgan fingerprint density at radius 1 is 1.08 bits per heavy atom. The minimum atomic E-state index is -0.237. The first-order valence-electron chi connectivity index (χ1n) is 7.83. The van der Waals surface area contributed by atoms with E-state index >= 15 is 0 Å². The van der Waals surface area contributed by atoms with Crippen molar-refractivity contribution in [2.75, 3.05) is 19.0 Å². The quantitative estimate of drug-likeness (QED) is 0.709. The van der Waals surface area contributed by atoms with Crippen LogP contribution in [0.25, 0.3) is 10.6 Å². The van der Waals surface area contributed by atoms with Crippen LogP contribution in [0.5, 0.6) is 11.5 Å². The number of nitrogens with zero attached hydrogens (tertiary/aromatic N) is 1. The molecule has 0 fully saturated rings. The van der Waals surface area contributed by atoms with E-state index in [4.69, 9.17) is 9.47 Å². The molecule has 0 aliphatic heterocycles. The van der Waals surface area contributed by atoms with Crippen LogP contribution in [-0.2, 0) is 0 Å². The van der Waals surface area contributed by atoms with Crippen LogP contribution in [0.3, 0.4) is 0 Å². The Kier molecular flexibility index (Phi) is 5.30. The zero-order valence-corrected chi connectivity index (χ0v) is 14.8. The van der Waals surface area contributed by atoms with E-state index in [9.17, 15) is 4.79 Å². The van der Waals surface area contributed by atoms with E-state index in [2.05, 4.69) is 10.3 Å². The molecular weight excluding hydrogens is 336 g/mol. The summed E-state index contributed by atoms with van der Waals surface area (Å²) in [6, 6.07) is 14.8. The molecule has 0 spiro atoms. The van der Waals surface area contributed by atoms with E-state index in [0.29, 0.717) is 18.0 Å². The molecule has 0 bridgehead atoms. The van der Waals surface area contributed by atoms with Crippen LogP contribution in [0.1, 0.15) is 17.4 Å². The summed E-state index contributed by atoms with van der Waals surface area (Å²) in [6.45, 7) is 2.58. The Bertz CT molecular complexity index is 842. The molecule has 1 heterocycles. The Balaban J connectivity index is 1.70. The van der Waals surface area contributed by atoms with E-state index < -0.39 is 0 Å². The number of rotatable bonds is 6. The van der Waals surface area contributed by atoms with Gasteiger partial charge in [-0.1, -0.05) is 0 Å². The topological polar surface area (TPSA) is 60.5 Å². The molecule has 0 saturated carbocycles. The van der Waals surface area contributed by atoms with Crippen LogP contribution >= 0.6 is 11.3 Å². The maximum absolute atomic E-state index is 12.3. The lowest BCUT2D eigenvalue weighted by atomic mass is 10.2. The monoisotopic (exact) mass is 354 g/mol. The van der Waals surface area contributed by atoms with Gasteiger partial charge >= 0.3 is 0 Å². The molecule has 2 aromatic carbocycles. The Morgan fingerprint density at radius 3 is 2.40 bits per heavy atom. The van der Waals surface area contributed by atoms with E-state index in [1.165, 1.54) is 11.3 Å². The molecule has 3 rings (SSSR count). The van der Waals surface area contributed by atoms with Crippen molar-refractivity contribution in [3.63, 3.8) is 0 Å². The first-order valence-corrected chi connectivity index (χ1v) is 8.71. The maximum atomic E-state index is 12.3. The highest BCUT2D eigenvalue weighted by atomic mass is 32.1. The number of anilines is 1. The second kappa shape index (κ2) is 7.81. The van der Waals surface area contributed by atoms with E-state index in [0.717, 1.165) is 22.1 Å². The Hall–Kier alpha value is -2.86. The molecule has 128 valence electrons. The second-order valence-corrected chi connectivity index (χ2v) is 6.04.